The Morgan fingerprint density at radius 3 is 2.52 bits per heavy atom. The number of anilines is 2. The molecule has 0 spiro atoms. The van der Waals surface area contributed by atoms with Crippen LogP contribution in [0.5, 0.6) is 0 Å². The van der Waals surface area contributed by atoms with Crippen LogP contribution >= 0.6 is 23.1 Å². The van der Waals surface area contributed by atoms with Crippen LogP contribution < -0.4 is 10.0 Å². The van der Waals surface area contributed by atoms with Crippen molar-refractivity contribution in [1.82, 2.24) is 10.2 Å². The number of nitrogens with zero attached hydrogens (tertiary/aromatic N) is 2. The summed E-state index contributed by atoms with van der Waals surface area (Å²) in [7, 11) is -3.37. The van der Waals surface area contributed by atoms with Gasteiger partial charge < -0.3 is 4.74 Å². The molecule has 9 nitrogen and oxygen atoms in total. The molecule has 1 atom stereocenters. The van der Waals surface area contributed by atoms with Crippen molar-refractivity contribution in [1.29, 1.82) is 0 Å². The quantitative estimate of drug-likeness (QED) is 0.372. The minimum Gasteiger partial charge on any atom is -0.450 e. The van der Waals surface area contributed by atoms with E-state index in [4.69, 9.17) is 4.74 Å². The zero-order valence-corrected chi connectivity index (χ0v) is 17.2. The van der Waals surface area contributed by atoms with E-state index in [1.54, 1.807) is 26.0 Å². The maximum atomic E-state index is 12.5. The summed E-state index contributed by atoms with van der Waals surface area (Å²) in [6, 6.07) is 6.16. The molecule has 27 heavy (non-hydrogen) atoms. The van der Waals surface area contributed by atoms with Gasteiger partial charge in [0.2, 0.25) is 15.2 Å². The fraction of sp³-hybridized carbons (Fsp3) is 0.333. The summed E-state index contributed by atoms with van der Waals surface area (Å²) >= 11 is 2.35. The summed E-state index contributed by atoms with van der Waals surface area (Å²) in [5.74, 6) is -0.138. The lowest BCUT2D eigenvalue weighted by Crippen LogP contribution is -2.14. The number of amides is 1. The van der Waals surface area contributed by atoms with Gasteiger partial charge in [0.15, 0.2) is 10.1 Å². The van der Waals surface area contributed by atoms with E-state index in [0.29, 0.717) is 15.6 Å². The summed E-state index contributed by atoms with van der Waals surface area (Å²) in [4.78, 5) is 23.9. The first-order valence-corrected chi connectivity index (χ1v) is 11.3. The first kappa shape index (κ1) is 21.1. The summed E-state index contributed by atoms with van der Waals surface area (Å²) in [6.07, 6.45) is 0.440. The number of carbonyl (C=O) groups excluding carboxylic acids is 2. The average molecular weight is 431 g/mol. The summed E-state index contributed by atoms with van der Waals surface area (Å²) < 4.78 is 30.0. The highest BCUT2D eigenvalue weighted by molar-refractivity contribution is 8.02. The molecule has 146 valence electrons. The normalized spacial score (nSPS) is 12.3. The Balaban J connectivity index is 1.97. The number of aromatic nitrogens is 2. The Kier molecular flexibility index (Phi) is 7.16. The molecule has 1 amide bonds. The Hall–Kier alpha value is -2.18. The zero-order valence-electron chi connectivity index (χ0n) is 14.8. The smallest absolute Gasteiger partial charge is 0.413 e. The third-order valence-electron chi connectivity index (χ3n) is 3.01. The first-order chi connectivity index (χ1) is 12.7. The van der Waals surface area contributed by atoms with E-state index in [9.17, 15) is 18.0 Å². The molecule has 0 radical (unpaired) electrons. The van der Waals surface area contributed by atoms with Gasteiger partial charge in [0.05, 0.1) is 18.1 Å². The van der Waals surface area contributed by atoms with Gasteiger partial charge in [0.25, 0.3) is 0 Å². The van der Waals surface area contributed by atoms with Crippen LogP contribution in [0, 0.1) is 0 Å². The van der Waals surface area contributed by atoms with Crippen molar-refractivity contribution in [2.45, 2.75) is 23.4 Å². The molecule has 0 saturated heterocycles. The van der Waals surface area contributed by atoms with E-state index in [1.165, 1.54) is 23.9 Å². The Morgan fingerprint density at radius 1 is 1.26 bits per heavy atom. The zero-order chi connectivity index (χ0) is 20.0. The molecule has 2 N–H and O–H groups in total. The second kappa shape index (κ2) is 9.15. The third-order valence-corrected chi connectivity index (χ3v) is 5.64. The topological polar surface area (TPSA) is 127 Å². The van der Waals surface area contributed by atoms with Gasteiger partial charge in [-0.1, -0.05) is 23.1 Å². The van der Waals surface area contributed by atoms with Crippen molar-refractivity contribution in [3.8, 4) is 0 Å². The molecule has 2 rings (SSSR count). The van der Waals surface area contributed by atoms with Gasteiger partial charge in [-0.3, -0.25) is 14.8 Å². The standard InChI is InChI=1S/C15H18N4O5S3/c1-4-24-14(21)16-13-17-18-15(26-13)25-9(2)12(20)10-5-7-11(8-6-10)19-27(3,22)23/h5-9,19H,4H2,1-3H3,(H,16,17,21). The number of nitrogens with one attached hydrogen (secondary N) is 2. The number of sulfonamides is 1. The molecule has 1 heterocycles. The molecular formula is C15H18N4O5S3. The minimum absolute atomic E-state index is 0.138. The van der Waals surface area contributed by atoms with Crippen molar-refractivity contribution in [2.75, 3.05) is 22.9 Å². The number of rotatable bonds is 8. The van der Waals surface area contributed by atoms with Crippen LogP contribution in [-0.4, -0.2) is 48.6 Å². The van der Waals surface area contributed by atoms with Crippen molar-refractivity contribution in [2.24, 2.45) is 0 Å². The number of hydrogen-bond donors (Lipinski definition) is 2. The largest absolute Gasteiger partial charge is 0.450 e. The molecule has 0 aliphatic carbocycles. The van der Waals surface area contributed by atoms with Crippen LogP contribution in [0.2, 0.25) is 0 Å². The summed E-state index contributed by atoms with van der Waals surface area (Å²) in [5, 5.41) is 10.1. The highest BCUT2D eigenvalue weighted by Crippen LogP contribution is 2.30. The van der Waals surface area contributed by atoms with E-state index < -0.39 is 21.4 Å². The Morgan fingerprint density at radius 2 is 1.93 bits per heavy atom. The molecule has 1 aromatic heterocycles. The molecular weight excluding hydrogens is 412 g/mol. The molecule has 1 aromatic carbocycles. The lowest BCUT2D eigenvalue weighted by atomic mass is 10.1. The van der Waals surface area contributed by atoms with Crippen LogP contribution in [0.4, 0.5) is 15.6 Å². The average Bonchev–Trinajstić information content (AvgIpc) is 3.00. The van der Waals surface area contributed by atoms with Gasteiger partial charge in [-0.2, -0.15) is 0 Å². The number of ketones is 1. The lowest BCUT2D eigenvalue weighted by molar-refractivity contribution is 0.0994. The van der Waals surface area contributed by atoms with Crippen molar-refractivity contribution < 1.29 is 22.7 Å². The van der Waals surface area contributed by atoms with Gasteiger partial charge in [0.1, 0.15) is 0 Å². The van der Waals surface area contributed by atoms with E-state index in [-0.39, 0.29) is 17.5 Å². The molecule has 0 bridgehead atoms. The van der Waals surface area contributed by atoms with Gasteiger partial charge in [0, 0.05) is 11.3 Å². The van der Waals surface area contributed by atoms with E-state index in [0.717, 1.165) is 17.6 Å². The number of carbonyl (C=O) groups is 2. The van der Waals surface area contributed by atoms with E-state index in [1.807, 2.05) is 0 Å². The highest BCUT2D eigenvalue weighted by Gasteiger charge is 2.19. The SMILES string of the molecule is CCOC(=O)Nc1nnc(SC(C)C(=O)c2ccc(NS(C)(=O)=O)cc2)s1. The number of thioether (sulfide) groups is 1. The molecule has 0 aliphatic rings. The predicted molar refractivity (Wildman–Crippen MR) is 105 cm³/mol. The van der Waals surface area contributed by atoms with Crippen LogP contribution in [-0.2, 0) is 14.8 Å². The first-order valence-electron chi connectivity index (χ1n) is 7.74. The fourth-order valence-corrected chi connectivity index (χ4v) is 4.44. The van der Waals surface area contributed by atoms with Gasteiger partial charge in [-0.25, -0.2) is 13.2 Å². The Bertz CT molecular complexity index is 912. The minimum atomic E-state index is -3.37. The van der Waals surface area contributed by atoms with Crippen LogP contribution in [0.15, 0.2) is 28.6 Å². The number of ether oxygens (including phenoxy) is 1. The van der Waals surface area contributed by atoms with Crippen LogP contribution in [0.25, 0.3) is 0 Å². The highest BCUT2D eigenvalue weighted by atomic mass is 32.2. The predicted octanol–water partition coefficient (Wildman–Crippen LogP) is 2.84. The molecule has 0 fully saturated rings. The molecule has 1 unspecified atom stereocenters. The van der Waals surface area contributed by atoms with Crippen molar-refractivity contribution in [3.05, 3.63) is 29.8 Å². The third kappa shape index (κ3) is 6.81. The van der Waals surface area contributed by atoms with Crippen LogP contribution in [0.3, 0.4) is 0 Å². The fourth-order valence-electron chi connectivity index (χ4n) is 1.92. The number of Topliss-reactive ketones (excluding diaryl/α,β-unsaturated/α-hetero) is 1. The van der Waals surface area contributed by atoms with Gasteiger partial charge >= 0.3 is 6.09 Å². The summed E-state index contributed by atoms with van der Waals surface area (Å²) in [6.45, 7) is 3.67. The maximum Gasteiger partial charge on any atom is 0.413 e. The number of benzene rings is 1. The van der Waals surface area contributed by atoms with Crippen molar-refractivity contribution in [3.63, 3.8) is 0 Å². The maximum absolute atomic E-state index is 12.5. The van der Waals surface area contributed by atoms with Gasteiger partial charge in [-0.05, 0) is 38.1 Å². The summed E-state index contributed by atoms with van der Waals surface area (Å²) in [5.41, 5.74) is 0.830. The monoisotopic (exact) mass is 430 g/mol. The second-order valence-corrected chi connectivity index (χ2v) is 9.61. The van der Waals surface area contributed by atoms with Crippen LogP contribution in [0.1, 0.15) is 24.2 Å². The van der Waals surface area contributed by atoms with Gasteiger partial charge in [-0.15, -0.1) is 10.2 Å². The molecule has 0 saturated carbocycles. The number of hydrogen-bond acceptors (Lipinski definition) is 9. The Labute approximate surface area is 165 Å². The molecule has 0 aliphatic heterocycles. The van der Waals surface area contributed by atoms with E-state index in [2.05, 4.69) is 20.2 Å². The second-order valence-electron chi connectivity index (χ2n) is 5.29. The molecule has 12 heteroatoms. The lowest BCUT2D eigenvalue weighted by Gasteiger charge is -2.09. The van der Waals surface area contributed by atoms with E-state index >= 15 is 0 Å². The molecule has 2 aromatic rings. The van der Waals surface area contributed by atoms with Crippen molar-refractivity contribution >= 4 is 55.8 Å².